The second kappa shape index (κ2) is 6.10. The number of nitrogens with zero attached hydrogens (tertiary/aromatic N) is 1. The molecule has 2 rings (SSSR count). The van der Waals surface area contributed by atoms with E-state index in [0.717, 1.165) is 18.2 Å². The number of rotatable bonds is 4. The summed E-state index contributed by atoms with van der Waals surface area (Å²) in [5, 5.41) is 3.34. The van der Waals surface area contributed by atoms with Crippen LogP contribution in [-0.2, 0) is 0 Å². The third-order valence-corrected chi connectivity index (χ3v) is 3.52. The van der Waals surface area contributed by atoms with Crippen LogP contribution < -0.4 is 16.0 Å². The fourth-order valence-electron chi connectivity index (χ4n) is 2.49. The zero-order chi connectivity index (χ0) is 13.0. The van der Waals surface area contributed by atoms with Gasteiger partial charge in [-0.05, 0) is 49.9 Å². The van der Waals surface area contributed by atoms with Gasteiger partial charge in [0.1, 0.15) is 0 Å². The van der Waals surface area contributed by atoms with Gasteiger partial charge >= 0.3 is 0 Å². The molecule has 100 valence electrons. The minimum atomic E-state index is 0.188. The summed E-state index contributed by atoms with van der Waals surface area (Å²) in [5.74, 6) is 0.814. The Balaban J connectivity index is 1.94. The molecule has 2 atom stereocenters. The van der Waals surface area contributed by atoms with Crippen molar-refractivity contribution in [2.45, 2.75) is 32.7 Å². The highest BCUT2D eigenvalue weighted by Crippen LogP contribution is 2.24. The number of anilines is 2. The first-order valence-electron chi connectivity index (χ1n) is 6.99. The Labute approximate surface area is 110 Å². The lowest BCUT2D eigenvalue weighted by molar-refractivity contribution is 0.447. The van der Waals surface area contributed by atoms with Gasteiger partial charge in [-0.25, -0.2) is 0 Å². The molecule has 1 aromatic rings. The Morgan fingerprint density at radius 1 is 1.39 bits per heavy atom. The van der Waals surface area contributed by atoms with Gasteiger partial charge in [-0.2, -0.15) is 0 Å². The minimum Gasteiger partial charge on any atom is -0.383 e. The Morgan fingerprint density at radius 3 is 2.72 bits per heavy atom. The molecule has 0 spiro atoms. The number of piperidine rings is 1. The molecule has 0 bridgehead atoms. The molecular formula is C15H25N3. The van der Waals surface area contributed by atoms with Gasteiger partial charge in [-0.3, -0.25) is 0 Å². The number of nitrogens with two attached hydrogens (primary N) is 1. The molecular weight excluding hydrogens is 222 g/mol. The fourth-order valence-corrected chi connectivity index (χ4v) is 2.49. The van der Waals surface area contributed by atoms with E-state index in [0.29, 0.717) is 0 Å². The second-order valence-electron chi connectivity index (χ2n) is 5.60. The van der Waals surface area contributed by atoms with Crippen molar-refractivity contribution in [1.29, 1.82) is 0 Å². The van der Waals surface area contributed by atoms with Crippen LogP contribution >= 0.6 is 0 Å². The topological polar surface area (TPSA) is 41.3 Å². The van der Waals surface area contributed by atoms with Gasteiger partial charge in [0.25, 0.3) is 0 Å². The van der Waals surface area contributed by atoms with Gasteiger partial charge in [0.05, 0.1) is 0 Å². The molecule has 1 aromatic carbocycles. The van der Waals surface area contributed by atoms with E-state index in [2.05, 4.69) is 41.4 Å². The predicted molar refractivity (Wildman–Crippen MR) is 79.2 cm³/mol. The molecule has 0 aromatic heterocycles. The first-order chi connectivity index (χ1) is 8.65. The van der Waals surface area contributed by atoms with Crippen LogP contribution in [0, 0.1) is 5.92 Å². The SMILES string of the molecule is CC(N)CNc1ccc(N2CCCC(C)C2)cc1. The van der Waals surface area contributed by atoms with E-state index < -0.39 is 0 Å². The smallest absolute Gasteiger partial charge is 0.0367 e. The van der Waals surface area contributed by atoms with Crippen LogP contribution in [0.15, 0.2) is 24.3 Å². The minimum absolute atomic E-state index is 0.188. The summed E-state index contributed by atoms with van der Waals surface area (Å²) in [6.07, 6.45) is 2.68. The van der Waals surface area contributed by atoms with E-state index in [1.165, 1.54) is 31.6 Å². The molecule has 1 heterocycles. The van der Waals surface area contributed by atoms with Crippen molar-refractivity contribution >= 4 is 11.4 Å². The van der Waals surface area contributed by atoms with Crippen LogP contribution in [0.25, 0.3) is 0 Å². The quantitative estimate of drug-likeness (QED) is 0.859. The molecule has 0 amide bonds. The lowest BCUT2D eigenvalue weighted by Gasteiger charge is -2.32. The van der Waals surface area contributed by atoms with Crippen LogP contribution in [0.3, 0.4) is 0 Å². The van der Waals surface area contributed by atoms with Crippen molar-refractivity contribution < 1.29 is 0 Å². The summed E-state index contributed by atoms with van der Waals surface area (Å²) in [6, 6.07) is 8.91. The molecule has 18 heavy (non-hydrogen) atoms. The van der Waals surface area contributed by atoms with Crippen LogP contribution in [0.5, 0.6) is 0 Å². The molecule has 0 aliphatic carbocycles. The summed E-state index contributed by atoms with van der Waals surface area (Å²) >= 11 is 0. The van der Waals surface area contributed by atoms with Crippen LogP contribution in [0.1, 0.15) is 26.7 Å². The predicted octanol–water partition coefficient (Wildman–Crippen LogP) is 2.68. The second-order valence-corrected chi connectivity index (χ2v) is 5.60. The van der Waals surface area contributed by atoms with Crippen LogP contribution in [-0.4, -0.2) is 25.7 Å². The number of nitrogens with one attached hydrogen (secondary N) is 1. The third kappa shape index (κ3) is 3.64. The highest BCUT2D eigenvalue weighted by atomic mass is 15.1. The standard InChI is InChI=1S/C15H25N3/c1-12-4-3-9-18(11-12)15-7-5-14(6-8-15)17-10-13(2)16/h5-8,12-13,17H,3-4,9-11,16H2,1-2H3. The zero-order valence-corrected chi connectivity index (χ0v) is 11.5. The van der Waals surface area contributed by atoms with E-state index in [9.17, 15) is 0 Å². The highest BCUT2D eigenvalue weighted by molar-refractivity contribution is 5.55. The van der Waals surface area contributed by atoms with Crippen LogP contribution in [0.4, 0.5) is 11.4 Å². The molecule has 2 unspecified atom stereocenters. The molecule has 0 saturated carbocycles. The molecule has 0 radical (unpaired) electrons. The average Bonchev–Trinajstić information content (AvgIpc) is 2.37. The summed E-state index contributed by atoms with van der Waals surface area (Å²) < 4.78 is 0. The van der Waals surface area contributed by atoms with Gasteiger partial charge in [0.15, 0.2) is 0 Å². The first-order valence-corrected chi connectivity index (χ1v) is 6.99. The van der Waals surface area contributed by atoms with E-state index in [4.69, 9.17) is 5.73 Å². The van der Waals surface area contributed by atoms with Gasteiger partial charge in [-0.15, -0.1) is 0 Å². The lowest BCUT2D eigenvalue weighted by Crippen LogP contribution is -2.34. The van der Waals surface area contributed by atoms with Crippen molar-refractivity contribution in [3.8, 4) is 0 Å². The molecule has 1 fully saturated rings. The van der Waals surface area contributed by atoms with Crippen molar-refractivity contribution in [1.82, 2.24) is 0 Å². The number of benzene rings is 1. The maximum Gasteiger partial charge on any atom is 0.0367 e. The summed E-state index contributed by atoms with van der Waals surface area (Å²) in [7, 11) is 0. The van der Waals surface area contributed by atoms with Gasteiger partial charge < -0.3 is 16.0 Å². The van der Waals surface area contributed by atoms with Crippen LogP contribution in [0.2, 0.25) is 0 Å². The van der Waals surface area contributed by atoms with E-state index in [1.54, 1.807) is 0 Å². The molecule has 1 aliphatic rings. The van der Waals surface area contributed by atoms with E-state index >= 15 is 0 Å². The van der Waals surface area contributed by atoms with Gasteiger partial charge in [0.2, 0.25) is 0 Å². The Kier molecular flexibility index (Phi) is 4.48. The van der Waals surface area contributed by atoms with Gasteiger partial charge in [0, 0.05) is 37.1 Å². The molecule has 3 heteroatoms. The zero-order valence-electron chi connectivity index (χ0n) is 11.5. The van der Waals surface area contributed by atoms with E-state index in [1.807, 2.05) is 6.92 Å². The largest absolute Gasteiger partial charge is 0.383 e. The van der Waals surface area contributed by atoms with Crippen molar-refractivity contribution in [2.24, 2.45) is 11.7 Å². The maximum atomic E-state index is 5.73. The molecule has 1 saturated heterocycles. The normalized spacial score (nSPS) is 21.7. The number of hydrogen-bond acceptors (Lipinski definition) is 3. The molecule has 1 aliphatic heterocycles. The monoisotopic (exact) mass is 247 g/mol. The van der Waals surface area contributed by atoms with Gasteiger partial charge in [-0.1, -0.05) is 6.92 Å². The summed E-state index contributed by atoms with van der Waals surface area (Å²) in [6.45, 7) is 7.55. The Morgan fingerprint density at radius 2 is 2.11 bits per heavy atom. The Hall–Kier alpha value is -1.22. The molecule has 3 nitrogen and oxygen atoms in total. The summed E-state index contributed by atoms with van der Waals surface area (Å²) in [5.41, 5.74) is 8.23. The third-order valence-electron chi connectivity index (χ3n) is 3.52. The fraction of sp³-hybridized carbons (Fsp3) is 0.600. The summed E-state index contributed by atoms with van der Waals surface area (Å²) in [4.78, 5) is 2.49. The lowest BCUT2D eigenvalue weighted by atomic mass is 10.00. The first kappa shape index (κ1) is 13.2. The van der Waals surface area contributed by atoms with Crippen molar-refractivity contribution in [3.05, 3.63) is 24.3 Å². The Bertz CT molecular complexity index is 359. The average molecular weight is 247 g/mol. The maximum absolute atomic E-state index is 5.73. The highest BCUT2D eigenvalue weighted by Gasteiger charge is 2.16. The van der Waals surface area contributed by atoms with Crippen molar-refractivity contribution in [3.63, 3.8) is 0 Å². The van der Waals surface area contributed by atoms with E-state index in [-0.39, 0.29) is 6.04 Å². The molecule has 3 N–H and O–H groups in total. The number of hydrogen-bond donors (Lipinski definition) is 2. The van der Waals surface area contributed by atoms with Crippen molar-refractivity contribution in [2.75, 3.05) is 29.9 Å².